The summed E-state index contributed by atoms with van der Waals surface area (Å²) in [5.74, 6) is -1.58. The predicted molar refractivity (Wildman–Crippen MR) is 102 cm³/mol. The molecule has 1 aromatic carbocycles. The fourth-order valence-corrected chi connectivity index (χ4v) is 4.51. The number of piperidine rings is 1. The van der Waals surface area contributed by atoms with Crippen molar-refractivity contribution < 1.29 is 22.4 Å². The monoisotopic (exact) mass is 420 g/mol. The fraction of sp³-hybridized carbons (Fsp3) is 0.316. The second-order valence-corrected chi connectivity index (χ2v) is 8.65. The van der Waals surface area contributed by atoms with Crippen molar-refractivity contribution >= 4 is 21.8 Å². The molecule has 0 bridgehead atoms. The van der Waals surface area contributed by atoms with Crippen LogP contribution in [0.5, 0.6) is 0 Å². The maximum absolute atomic E-state index is 12.9. The summed E-state index contributed by atoms with van der Waals surface area (Å²) in [7, 11) is -3.63. The molecular weight excluding hydrogens is 399 g/mol. The Morgan fingerprint density at radius 2 is 1.79 bits per heavy atom. The molecule has 154 valence electrons. The van der Waals surface area contributed by atoms with Crippen LogP contribution in [0.25, 0.3) is 0 Å². The van der Waals surface area contributed by atoms with E-state index in [2.05, 4.69) is 15.8 Å². The standard InChI is InChI=1S/C19H21FN4O4S/c20-16-5-3-14(4-6-16)12-18(25)22-23-19(26)15-7-10-24(11-8-15)29(27,28)17-2-1-9-21-13-17/h1-6,9,13,15H,7-8,10-12H2,(H,22,25)(H,23,26). The van der Waals surface area contributed by atoms with Crippen molar-refractivity contribution in [2.75, 3.05) is 13.1 Å². The SMILES string of the molecule is O=C(Cc1ccc(F)cc1)NNC(=O)C1CCN(S(=O)(=O)c2cccnc2)CC1. The summed E-state index contributed by atoms with van der Waals surface area (Å²) >= 11 is 0. The zero-order valence-electron chi connectivity index (χ0n) is 15.5. The van der Waals surface area contributed by atoms with Gasteiger partial charge in [-0.15, -0.1) is 0 Å². The molecule has 1 aliphatic rings. The highest BCUT2D eigenvalue weighted by atomic mass is 32.2. The van der Waals surface area contributed by atoms with Gasteiger partial charge in [0.05, 0.1) is 6.42 Å². The number of carbonyl (C=O) groups is 2. The van der Waals surface area contributed by atoms with E-state index in [1.165, 1.54) is 47.0 Å². The average molecular weight is 420 g/mol. The molecule has 29 heavy (non-hydrogen) atoms. The Morgan fingerprint density at radius 3 is 2.41 bits per heavy atom. The number of aromatic nitrogens is 1. The van der Waals surface area contributed by atoms with Gasteiger partial charge in [0, 0.05) is 31.4 Å². The summed E-state index contributed by atoms with van der Waals surface area (Å²) in [4.78, 5) is 28.1. The Hall–Kier alpha value is -2.85. The van der Waals surface area contributed by atoms with Crippen LogP contribution < -0.4 is 10.9 Å². The van der Waals surface area contributed by atoms with Crippen molar-refractivity contribution in [1.82, 2.24) is 20.1 Å². The number of hydrogen-bond acceptors (Lipinski definition) is 5. The number of sulfonamides is 1. The lowest BCUT2D eigenvalue weighted by Gasteiger charge is -2.30. The third-order valence-electron chi connectivity index (χ3n) is 4.70. The van der Waals surface area contributed by atoms with Gasteiger partial charge in [-0.05, 0) is 42.7 Å². The minimum absolute atomic E-state index is 0.00234. The minimum atomic E-state index is -3.63. The lowest BCUT2D eigenvalue weighted by Crippen LogP contribution is -2.48. The molecule has 1 saturated heterocycles. The molecule has 2 N–H and O–H groups in total. The third kappa shape index (κ3) is 5.36. The molecule has 0 unspecified atom stereocenters. The van der Waals surface area contributed by atoms with Gasteiger partial charge in [0.2, 0.25) is 21.8 Å². The van der Waals surface area contributed by atoms with Crippen LogP contribution in [0.2, 0.25) is 0 Å². The van der Waals surface area contributed by atoms with E-state index >= 15 is 0 Å². The molecule has 0 saturated carbocycles. The first kappa shape index (κ1) is 20.9. The Balaban J connectivity index is 1.46. The van der Waals surface area contributed by atoms with Crippen LogP contribution in [0.15, 0.2) is 53.7 Å². The molecule has 0 spiro atoms. The third-order valence-corrected chi connectivity index (χ3v) is 6.58. The van der Waals surface area contributed by atoms with Crippen LogP contribution in [0.4, 0.5) is 4.39 Å². The van der Waals surface area contributed by atoms with Gasteiger partial charge in [-0.3, -0.25) is 25.4 Å². The van der Waals surface area contributed by atoms with Crippen LogP contribution in [-0.2, 0) is 26.0 Å². The van der Waals surface area contributed by atoms with E-state index in [0.717, 1.165) is 0 Å². The van der Waals surface area contributed by atoms with E-state index in [1.807, 2.05) is 0 Å². The topological polar surface area (TPSA) is 108 Å². The smallest absolute Gasteiger partial charge is 0.244 e. The fourth-order valence-electron chi connectivity index (χ4n) is 3.07. The first-order chi connectivity index (χ1) is 13.9. The van der Waals surface area contributed by atoms with Gasteiger partial charge >= 0.3 is 0 Å². The summed E-state index contributed by atoms with van der Waals surface area (Å²) in [5.41, 5.74) is 5.33. The molecule has 0 aliphatic carbocycles. The predicted octanol–water partition coefficient (Wildman–Crippen LogP) is 1.01. The average Bonchev–Trinajstić information content (AvgIpc) is 2.74. The molecule has 8 nitrogen and oxygen atoms in total. The number of nitrogens with one attached hydrogen (secondary N) is 2. The zero-order chi connectivity index (χ0) is 20.9. The summed E-state index contributed by atoms with van der Waals surface area (Å²) in [6.07, 6.45) is 3.49. The van der Waals surface area contributed by atoms with E-state index in [-0.39, 0.29) is 36.1 Å². The van der Waals surface area contributed by atoms with Crippen molar-refractivity contribution in [3.63, 3.8) is 0 Å². The van der Waals surface area contributed by atoms with Gasteiger partial charge in [0.1, 0.15) is 10.7 Å². The Labute approximate surface area is 168 Å². The van der Waals surface area contributed by atoms with E-state index in [4.69, 9.17) is 0 Å². The number of halogens is 1. The van der Waals surface area contributed by atoms with E-state index < -0.39 is 21.8 Å². The first-order valence-electron chi connectivity index (χ1n) is 9.09. The van der Waals surface area contributed by atoms with Gasteiger partial charge in [-0.1, -0.05) is 12.1 Å². The van der Waals surface area contributed by atoms with Crippen LogP contribution in [0, 0.1) is 11.7 Å². The molecule has 0 radical (unpaired) electrons. The maximum atomic E-state index is 12.9. The Morgan fingerprint density at radius 1 is 1.10 bits per heavy atom. The number of pyridine rings is 1. The number of nitrogens with zero attached hydrogens (tertiary/aromatic N) is 2. The number of rotatable bonds is 5. The van der Waals surface area contributed by atoms with Gasteiger partial charge in [-0.2, -0.15) is 4.31 Å². The normalized spacial score (nSPS) is 15.6. The van der Waals surface area contributed by atoms with Gasteiger partial charge in [0.25, 0.3) is 0 Å². The van der Waals surface area contributed by atoms with Crippen molar-refractivity contribution in [2.24, 2.45) is 5.92 Å². The molecule has 1 aliphatic heterocycles. The van der Waals surface area contributed by atoms with Crippen LogP contribution in [0.1, 0.15) is 18.4 Å². The number of amides is 2. The molecular formula is C19H21FN4O4S. The largest absolute Gasteiger partial charge is 0.273 e. The minimum Gasteiger partial charge on any atom is -0.273 e. The molecule has 10 heteroatoms. The lowest BCUT2D eigenvalue weighted by atomic mass is 9.98. The molecule has 3 rings (SSSR count). The van der Waals surface area contributed by atoms with E-state index in [0.29, 0.717) is 18.4 Å². The van der Waals surface area contributed by atoms with Crippen LogP contribution in [0.3, 0.4) is 0 Å². The van der Waals surface area contributed by atoms with Crippen LogP contribution in [-0.4, -0.2) is 42.6 Å². The number of hydrogen-bond donors (Lipinski definition) is 2. The molecule has 1 fully saturated rings. The first-order valence-corrected chi connectivity index (χ1v) is 10.5. The molecule has 2 heterocycles. The molecule has 2 amide bonds. The van der Waals surface area contributed by atoms with E-state index in [9.17, 15) is 22.4 Å². The van der Waals surface area contributed by atoms with Crippen molar-refractivity contribution in [2.45, 2.75) is 24.2 Å². The van der Waals surface area contributed by atoms with Crippen molar-refractivity contribution in [1.29, 1.82) is 0 Å². The van der Waals surface area contributed by atoms with E-state index in [1.54, 1.807) is 6.07 Å². The Kier molecular flexibility index (Phi) is 6.55. The summed E-state index contributed by atoms with van der Waals surface area (Å²) in [5, 5.41) is 0. The highest BCUT2D eigenvalue weighted by Gasteiger charge is 2.32. The van der Waals surface area contributed by atoms with Gasteiger partial charge in [-0.25, -0.2) is 12.8 Å². The summed E-state index contributed by atoms with van der Waals surface area (Å²) in [6.45, 7) is 0.414. The molecule has 1 aromatic heterocycles. The second-order valence-electron chi connectivity index (χ2n) is 6.71. The lowest BCUT2D eigenvalue weighted by molar-refractivity contribution is -0.131. The van der Waals surface area contributed by atoms with Crippen molar-refractivity contribution in [3.05, 3.63) is 60.2 Å². The number of benzene rings is 1. The number of hydrazine groups is 1. The van der Waals surface area contributed by atoms with Crippen LogP contribution >= 0.6 is 0 Å². The van der Waals surface area contributed by atoms with Crippen molar-refractivity contribution in [3.8, 4) is 0 Å². The molecule has 2 aromatic rings. The zero-order valence-corrected chi connectivity index (χ0v) is 16.4. The quantitative estimate of drug-likeness (QED) is 0.702. The number of carbonyl (C=O) groups excluding carboxylic acids is 2. The molecule has 0 atom stereocenters. The summed E-state index contributed by atoms with van der Waals surface area (Å²) < 4.78 is 39.4. The maximum Gasteiger partial charge on any atom is 0.244 e. The Bertz CT molecular complexity index is 959. The highest BCUT2D eigenvalue weighted by Crippen LogP contribution is 2.23. The van der Waals surface area contributed by atoms with Gasteiger partial charge in [0.15, 0.2) is 0 Å². The van der Waals surface area contributed by atoms with Gasteiger partial charge < -0.3 is 0 Å². The highest BCUT2D eigenvalue weighted by molar-refractivity contribution is 7.89. The second kappa shape index (κ2) is 9.10. The summed E-state index contributed by atoms with van der Waals surface area (Å²) in [6, 6.07) is 8.55.